The van der Waals surface area contributed by atoms with Crippen molar-refractivity contribution in [2.75, 3.05) is 0 Å². The Labute approximate surface area is 219 Å². The Hall–Kier alpha value is 2.67. The summed E-state index contributed by atoms with van der Waals surface area (Å²) in [4.78, 5) is 0.983. The molecule has 1 N–H and O–H groups in total. The van der Waals surface area contributed by atoms with Crippen molar-refractivity contribution in [1.82, 2.24) is 4.89 Å². The van der Waals surface area contributed by atoms with E-state index in [0.717, 1.165) is 4.89 Å². The van der Waals surface area contributed by atoms with Gasteiger partial charge in [-0.15, -0.1) is 13.0 Å². The third-order valence-electron chi connectivity index (χ3n) is 0.689. The van der Waals surface area contributed by atoms with Crippen molar-refractivity contribution < 1.29 is 177 Å². The Morgan fingerprint density at radius 3 is 1.54 bits per heavy atom. The van der Waals surface area contributed by atoms with Gasteiger partial charge in [0.15, 0.2) is 0 Å². The number of hydrogen-bond donors (Lipinski definition) is 1. The molecule has 0 bridgehead atoms. The zero-order valence-electron chi connectivity index (χ0n) is 11.1. The molecule has 0 unspecified atom stereocenters. The van der Waals surface area contributed by atoms with Gasteiger partial charge in [0.25, 0.3) is 0 Å². The maximum atomic E-state index is 10.3. The van der Waals surface area contributed by atoms with E-state index in [0.29, 0.717) is 0 Å². The summed E-state index contributed by atoms with van der Waals surface area (Å²) < 4.78 is 113. The van der Waals surface area contributed by atoms with Crippen molar-refractivity contribution in [2.45, 2.75) is 0 Å². The van der Waals surface area contributed by atoms with Gasteiger partial charge in [-0.2, -0.15) is 16.8 Å². The van der Waals surface area contributed by atoms with Gasteiger partial charge in [0.05, 0.1) is 0 Å². The van der Waals surface area contributed by atoms with E-state index in [1.807, 2.05) is 0 Å². The second-order valence-corrected chi connectivity index (χ2v) is 6.49. The van der Waals surface area contributed by atoms with E-state index in [-0.39, 0.29) is 103 Å². The molecule has 0 atom stereocenters. The Morgan fingerprint density at radius 1 is 0.792 bits per heavy atom. The minimum Gasteiger partial charge on any atom is -0.724 e. The average Bonchev–Trinajstić information content (AvgIpc) is 2.29. The van der Waals surface area contributed by atoms with E-state index >= 15 is 0 Å². The van der Waals surface area contributed by atoms with Crippen LogP contribution in [0.4, 0.5) is 0 Å². The van der Waals surface area contributed by atoms with Crippen LogP contribution in [0, 0.1) is 0 Å². The fourth-order valence-electron chi connectivity index (χ4n) is 0.272. The van der Waals surface area contributed by atoms with Gasteiger partial charge in [0.2, 0.25) is 20.8 Å². The molecule has 24 heavy (non-hydrogen) atoms. The molecular formula is HK2NO17S4. The molecular weight excluding hydrogens is 492 g/mol. The van der Waals surface area contributed by atoms with Crippen molar-refractivity contribution in [1.29, 1.82) is 0 Å². The normalized spacial score (nSPS) is 19.9. The van der Waals surface area contributed by atoms with Crippen molar-refractivity contribution >= 4 is 41.5 Å². The zero-order valence-corrected chi connectivity index (χ0v) is 20.6. The molecule has 18 nitrogen and oxygen atoms in total. The van der Waals surface area contributed by atoms with Crippen LogP contribution in [-0.2, 0) is 73.2 Å². The number of nitrogens with one attached hydrogen (secondary N) is 1. The topological polar surface area (TPSA) is 259 Å². The second kappa shape index (κ2) is 13.0. The molecule has 0 aromatic heterocycles. The van der Waals surface area contributed by atoms with Gasteiger partial charge >= 0.3 is 123 Å². The average molecular weight is 493 g/mol. The van der Waals surface area contributed by atoms with Gasteiger partial charge in [-0.05, 0) is 19.3 Å². The van der Waals surface area contributed by atoms with Crippen molar-refractivity contribution in [2.24, 2.45) is 0 Å². The van der Waals surface area contributed by atoms with Gasteiger partial charge in [-0.3, -0.25) is 0 Å². The smallest absolute Gasteiger partial charge is 0.724 e. The minimum absolute atomic E-state index is 0. The SMILES string of the molecule is O=S(=O)([O-])OOS(=O)(=O)[O-].O=S1(=O)NOS(=O)(=O)OOOO1.[K+].[K+]. The van der Waals surface area contributed by atoms with Gasteiger partial charge < -0.3 is 9.11 Å². The molecule has 1 rings (SSSR count). The summed E-state index contributed by atoms with van der Waals surface area (Å²) in [6.45, 7) is 0. The van der Waals surface area contributed by atoms with Crippen LogP contribution in [0.1, 0.15) is 0 Å². The predicted molar refractivity (Wildman–Crippen MR) is 48.0 cm³/mol. The first-order valence-corrected chi connectivity index (χ1v) is 8.98. The van der Waals surface area contributed by atoms with Gasteiger partial charge in [0, 0.05) is 0 Å². The Kier molecular flexibility index (Phi) is 17.0. The standard InChI is InChI=1S/2K.HNO9S2.H2O8S2/c;;2-11(3)1-6-12(4,5)10-8-7-9-11;1-9(2,3)7-8-10(4,5)6/h;;1H;(H,1,2,3)(H,4,5,6)/q2*+1;;/p-2. The van der Waals surface area contributed by atoms with Crippen molar-refractivity contribution in [3.8, 4) is 0 Å². The fraction of sp³-hybridized carbons (Fsp3) is 0. The van der Waals surface area contributed by atoms with Crippen molar-refractivity contribution in [3.05, 3.63) is 0 Å². The molecule has 0 aliphatic carbocycles. The van der Waals surface area contributed by atoms with E-state index in [1.165, 1.54) is 0 Å². The summed E-state index contributed by atoms with van der Waals surface area (Å²) in [5.41, 5.74) is 0. The van der Waals surface area contributed by atoms with E-state index < -0.39 is 41.5 Å². The summed E-state index contributed by atoms with van der Waals surface area (Å²) in [7, 11) is -19.7. The molecule has 1 saturated heterocycles. The van der Waals surface area contributed by atoms with Crippen LogP contribution in [0.15, 0.2) is 0 Å². The Balaban J connectivity index is -0.000000345. The summed E-state index contributed by atoms with van der Waals surface area (Å²) in [5.74, 6) is 0. The van der Waals surface area contributed by atoms with Crippen LogP contribution < -0.4 is 108 Å². The second-order valence-electron chi connectivity index (χ2n) is 2.25. The molecule has 24 heteroatoms. The van der Waals surface area contributed by atoms with Gasteiger partial charge in [-0.25, -0.2) is 16.8 Å². The zero-order chi connectivity index (χ0) is 17.7. The summed E-state index contributed by atoms with van der Waals surface area (Å²) >= 11 is 0. The first-order valence-electron chi connectivity index (χ1n) is 3.57. The largest absolute Gasteiger partial charge is 1.00 e. The third-order valence-corrected chi connectivity index (χ3v) is 2.38. The predicted octanol–water partition coefficient (Wildman–Crippen LogP) is -10.3. The first-order chi connectivity index (χ1) is 9.62. The third kappa shape index (κ3) is 21.0. The molecule has 0 saturated carbocycles. The molecule has 1 aliphatic heterocycles. The van der Waals surface area contributed by atoms with Gasteiger partial charge in [0.1, 0.15) is 0 Å². The van der Waals surface area contributed by atoms with E-state index in [1.54, 1.807) is 0 Å². The number of hydrogen-bond acceptors (Lipinski definition) is 17. The molecule has 0 amide bonds. The van der Waals surface area contributed by atoms with Crippen LogP contribution in [0.5, 0.6) is 0 Å². The van der Waals surface area contributed by atoms with Crippen LogP contribution in [-0.4, -0.2) is 42.8 Å². The summed E-state index contributed by atoms with van der Waals surface area (Å²) in [5, 5.41) is 6.56. The molecule has 1 aliphatic rings. The Morgan fingerprint density at radius 2 is 1.17 bits per heavy atom. The van der Waals surface area contributed by atoms with E-state index in [4.69, 9.17) is 0 Å². The quantitative estimate of drug-likeness (QED) is 0.126. The fourth-order valence-corrected chi connectivity index (χ4v) is 1.73. The number of rotatable bonds is 3. The monoisotopic (exact) mass is 493 g/mol. The maximum Gasteiger partial charge on any atom is 1.00 e. The molecule has 0 radical (unpaired) electrons. The first kappa shape index (κ1) is 31.4. The summed E-state index contributed by atoms with van der Waals surface area (Å²) in [6, 6.07) is 0. The summed E-state index contributed by atoms with van der Waals surface area (Å²) in [6.07, 6.45) is 0. The Bertz CT molecular complexity index is 686. The molecule has 1 fully saturated rings. The van der Waals surface area contributed by atoms with Crippen LogP contribution in [0.25, 0.3) is 0 Å². The van der Waals surface area contributed by atoms with Crippen LogP contribution in [0.3, 0.4) is 0 Å². The van der Waals surface area contributed by atoms with Crippen LogP contribution in [0.2, 0.25) is 0 Å². The maximum absolute atomic E-state index is 10.3. The van der Waals surface area contributed by atoms with Gasteiger partial charge in [-0.1, -0.05) is 4.33 Å². The minimum atomic E-state index is -5.31. The molecule has 0 aromatic rings. The van der Waals surface area contributed by atoms with Crippen LogP contribution >= 0.6 is 0 Å². The molecule has 134 valence electrons. The molecule has 0 aromatic carbocycles. The van der Waals surface area contributed by atoms with Crippen molar-refractivity contribution in [3.63, 3.8) is 0 Å². The van der Waals surface area contributed by atoms with E-state index in [2.05, 4.69) is 31.7 Å². The van der Waals surface area contributed by atoms with E-state index in [9.17, 15) is 42.8 Å². The molecule has 0 spiro atoms. The molecule has 1 heterocycles.